The van der Waals surface area contributed by atoms with E-state index in [1.165, 1.54) is 0 Å². The minimum atomic E-state index is 0.263. The maximum atomic E-state index is 9.21. The number of para-hydroxylation sites is 1. The molecule has 1 aromatic heterocycles. The van der Waals surface area contributed by atoms with Gasteiger partial charge in [-0.3, -0.25) is 0 Å². The van der Waals surface area contributed by atoms with Crippen LogP contribution in [-0.4, -0.2) is 15.1 Å². The van der Waals surface area contributed by atoms with E-state index in [0.29, 0.717) is 5.82 Å². The van der Waals surface area contributed by atoms with Gasteiger partial charge >= 0.3 is 0 Å². The molecule has 0 amide bonds. The number of phenols is 1. The standard InChI is InChI=1S/C16H12N2O/c19-14-8-5-12(6-9-14)7-10-16-17-11-13-3-1-2-4-15(13)18-16/h1-11,19H/b10-7+. The Kier molecular flexibility index (Phi) is 2.94. The highest BCUT2D eigenvalue weighted by Gasteiger charge is 1.96. The van der Waals surface area contributed by atoms with Crippen LogP contribution in [0.1, 0.15) is 11.4 Å². The van der Waals surface area contributed by atoms with Gasteiger partial charge in [-0.05, 0) is 29.8 Å². The van der Waals surface area contributed by atoms with Gasteiger partial charge in [0, 0.05) is 11.6 Å². The van der Waals surface area contributed by atoms with E-state index >= 15 is 0 Å². The zero-order chi connectivity index (χ0) is 13.1. The summed E-state index contributed by atoms with van der Waals surface area (Å²) >= 11 is 0. The summed E-state index contributed by atoms with van der Waals surface area (Å²) in [5.41, 5.74) is 1.93. The molecule has 0 saturated heterocycles. The third-order valence-electron chi connectivity index (χ3n) is 2.83. The lowest BCUT2D eigenvalue weighted by atomic mass is 10.2. The molecule has 2 aromatic carbocycles. The van der Waals surface area contributed by atoms with Crippen LogP contribution >= 0.6 is 0 Å². The topological polar surface area (TPSA) is 46.0 Å². The first-order chi connectivity index (χ1) is 9.31. The zero-order valence-electron chi connectivity index (χ0n) is 10.2. The number of aromatic nitrogens is 2. The second kappa shape index (κ2) is 4.90. The molecule has 0 unspecified atom stereocenters. The first-order valence-corrected chi connectivity index (χ1v) is 6.00. The summed E-state index contributed by atoms with van der Waals surface area (Å²) in [7, 11) is 0. The van der Waals surface area contributed by atoms with Crippen molar-refractivity contribution in [1.82, 2.24) is 9.97 Å². The Balaban J connectivity index is 1.90. The van der Waals surface area contributed by atoms with Crippen molar-refractivity contribution in [2.45, 2.75) is 0 Å². The SMILES string of the molecule is Oc1ccc(/C=C/c2ncc3ccccc3n2)cc1. The fourth-order valence-corrected chi connectivity index (χ4v) is 1.82. The van der Waals surface area contributed by atoms with Crippen molar-refractivity contribution in [3.63, 3.8) is 0 Å². The number of hydrogen-bond donors (Lipinski definition) is 1. The molecule has 3 rings (SSSR count). The number of benzene rings is 2. The highest BCUT2D eigenvalue weighted by Crippen LogP contribution is 2.13. The fraction of sp³-hybridized carbons (Fsp3) is 0. The van der Waals surface area contributed by atoms with Crippen LogP contribution in [0.3, 0.4) is 0 Å². The Hall–Kier alpha value is -2.68. The molecule has 0 bridgehead atoms. The summed E-state index contributed by atoms with van der Waals surface area (Å²) < 4.78 is 0. The molecular formula is C16H12N2O. The Labute approximate surface area is 110 Å². The monoisotopic (exact) mass is 248 g/mol. The molecular weight excluding hydrogens is 236 g/mol. The van der Waals surface area contributed by atoms with Crippen molar-refractivity contribution in [3.8, 4) is 5.75 Å². The van der Waals surface area contributed by atoms with E-state index in [-0.39, 0.29) is 5.75 Å². The van der Waals surface area contributed by atoms with Gasteiger partial charge in [-0.1, -0.05) is 36.4 Å². The minimum Gasteiger partial charge on any atom is -0.508 e. The van der Waals surface area contributed by atoms with Gasteiger partial charge in [0.2, 0.25) is 0 Å². The van der Waals surface area contributed by atoms with Gasteiger partial charge < -0.3 is 5.11 Å². The molecule has 0 aliphatic heterocycles. The molecule has 0 spiro atoms. The van der Waals surface area contributed by atoms with Crippen LogP contribution in [0, 0.1) is 0 Å². The number of fused-ring (bicyclic) bond motifs is 1. The number of nitrogens with zero attached hydrogens (tertiary/aromatic N) is 2. The van der Waals surface area contributed by atoms with Crippen LogP contribution < -0.4 is 0 Å². The highest BCUT2D eigenvalue weighted by atomic mass is 16.3. The molecule has 3 nitrogen and oxygen atoms in total. The minimum absolute atomic E-state index is 0.263. The predicted molar refractivity (Wildman–Crippen MR) is 76.6 cm³/mol. The number of aromatic hydroxyl groups is 1. The van der Waals surface area contributed by atoms with Crippen LogP contribution in [0.4, 0.5) is 0 Å². The molecule has 1 heterocycles. The Morgan fingerprint density at radius 1 is 0.895 bits per heavy atom. The predicted octanol–water partition coefficient (Wildman–Crippen LogP) is 3.51. The molecule has 0 atom stereocenters. The first kappa shape index (κ1) is 11.4. The van der Waals surface area contributed by atoms with Crippen LogP contribution in [0.5, 0.6) is 5.75 Å². The van der Waals surface area contributed by atoms with Crippen LogP contribution in [0.25, 0.3) is 23.1 Å². The average molecular weight is 248 g/mol. The molecule has 3 heteroatoms. The van der Waals surface area contributed by atoms with Gasteiger partial charge in [-0.15, -0.1) is 0 Å². The highest BCUT2D eigenvalue weighted by molar-refractivity contribution is 5.79. The molecule has 0 saturated carbocycles. The van der Waals surface area contributed by atoms with Gasteiger partial charge in [0.25, 0.3) is 0 Å². The molecule has 1 N–H and O–H groups in total. The molecule has 19 heavy (non-hydrogen) atoms. The summed E-state index contributed by atoms with van der Waals surface area (Å²) in [6, 6.07) is 14.9. The van der Waals surface area contributed by atoms with Crippen molar-refractivity contribution in [3.05, 3.63) is 66.1 Å². The van der Waals surface area contributed by atoms with Crippen molar-refractivity contribution in [2.75, 3.05) is 0 Å². The third-order valence-corrected chi connectivity index (χ3v) is 2.83. The van der Waals surface area contributed by atoms with E-state index in [1.54, 1.807) is 12.1 Å². The van der Waals surface area contributed by atoms with Crippen molar-refractivity contribution < 1.29 is 5.11 Å². The van der Waals surface area contributed by atoms with E-state index in [1.807, 2.05) is 54.7 Å². The number of hydrogen-bond acceptors (Lipinski definition) is 3. The molecule has 92 valence electrons. The maximum Gasteiger partial charge on any atom is 0.152 e. The normalized spacial score (nSPS) is 11.2. The average Bonchev–Trinajstić information content (AvgIpc) is 2.46. The van der Waals surface area contributed by atoms with E-state index in [0.717, 1.165) is 16.5 Å². The summed E-state index contributed by atoms with van der Waals surface area (Å²) in [5.74, 6) is 0.936. The van der Waals surface area contributed by atoms with E-state index in [9.17, 15) is 5.11 Å². The number of phenolic OH excluding ortho intramolecular Hbond substituents is 1. The lowest BCUT2D eigenvalue weighted by Crippen LogP contribution is -1.87. The molecule has 0 fully saturated rings. The van der Waals surface area contributed by atoms with Gasteiger partial charge in [-0.25, -0.2) is 9.97 Å². The van der Waals surface area contributed by atoms with Gasteiger partial charge in [0.05, 0.1) is 5.52 Å². The van der Waals surface area contributed by atoms with E-state index < -0.39 is 0 Å². The largest absolute Gasteiger partial charge is 0.508 e. The third kappa shape index (κ3) is 2.60. The smallest absolute Gasteiger partial charge is 0.152 e. The molecule has 0 aliphatic carbocycles. The van der Waals surface area contributed by atoms with Crippen molar-refractivity contribution >= 4 is 23.1 Å². The zero-order valence-corrected chi connectivity index (χ0v) is 10.2. The Bertz CT molecular complexity index is 733. The van der Waals surface area contributed by atoms with Crippen molar-refractivity contribution in [1.29, 1.82) is 0 Å². The summed E-state index contributed by atoms with van der Waals surface area (Å²) in [4.78, 5) is 8.75. The van der Waals surface area contributed by atoms with Crippen LogP contribution in [0.15, 0.2) is 54.7 Å². The van der Waals surface area contributed by atoms with Crippen LogP contribution in [-0.2, 0) is 0 Å². The first-order valence-electron chi connectivity index (χ1n) is 6.00. The summed E-state index contributed by atoms with van der Waals surface area (Å²) in [5, 5.41) is 10.2. The fourth-order valence-electron chi connectivity index (χ4n) is 1.82. The molecule has 0 aliphatic rings. The quantitative estimate of drug-likeness (QED) is 0.755. The van der Waals surface area contributed by atoms with E-state index in [4.69, 9.17) is 0 Å². The lowest BCUT2D eigenvalue weighted by Gasteiger charge is -1.98. The van der Waals surface area contributed by atoms with Crippen molar-refractivity contribution in [2.24, 2.45) is 0 Å². The second-order valence-corrected chi connectivity index (χ2v) is 4.21. The molecule has 3 aromatic rings. The summed E-state index contributed by atoms with van der Waals surface area (Å²) in [6.45, 7) is 0. The van der Waals surface area contributed by atoms with E-state index in [2.05, 4.69) is 9.97 Å². The van der Waals surface area contributed by atoms with Gasteiger partial charge in [-0.2, -0.15) is 0 Å². The van der Waals surface area contributed by atoms with Crippen LogP contribution in [0.2, 0.25) is 0 Å². The Morgan fingerprint density at radius 2 is 1.68 bits per heavy atom. The maximum absolute atomic E-state index is 9.21. The molecule has 0 radical (unpaired) electrons. The Morgan fingerprint density at radius 3 is 2.53 bits per heavy atom. The van der Waals surface area contributed by atoms with Gasteiger partial charge in [0.15, 0.2) is 5.82 Å². The van der Waals surface area contributed by atoms with Gasteiger partial charge in [0.1, 0.15) is 5.75 Å². The number of rotatable bonds is 2. The summed E-state index contributed by atoms with van der Waals surface area (Å²) in [6.07, 6.45) is 5.60. The lowest BCUT2D eigenvalue weighted by molar-refractivity contribution is 0.475. The second-order valence-electron chi connectivity index (χ2n) is 4.21.